The fourth-order valence-corrected chi connectivity index (χ4v) is 12.8. The first-order valence-electron chi connectivity index (χ1n) is 14.9. The summed E-state index contributed by atoms with van der Waals surface area (Å²) in [4.78, 5) is 36.4. The fraction of sp³-hybridized carbons (Fsp3) is 0.469. The number of nitrogens with zero attached hydrogens (tertiary/aromatic N) is 4. The molecule has 0 bridgehead atoms. The van der Waals surface area contributed by atoms with E-state index < -0.39 is 36.0 Å². The van der Waals surface area contributed by atoms with Gasteiger partial charge in [0.2, 0.25) is 10.0 Å². The summed E-state index contributed by atoms with van der Waals surface area (Å²) in [6.45, 7) is 13.0. The molecule has 0 aliphatic carbocycles. The molecule has 1 aliphatic heterocycles. The normalized spacial score (nSPS) is 14.1. The van der Waals surface area contributed by atoms with Gasteiger partial charge in [0.05, 0.1) is 29.6 Å². The van der Waals surface area contributed by atoms with Crippen LogP contribution in [-0.4, -0.2) is 76.8 Å². The first-order chi connectivity index (χ1) is 20.5. The highest BCUT2D eigenvalue weighted by Gasteiger charge is 2.50. The smallest absolute Gasteiger partial charge is 0.265 e. The average molecular weight is 643 g/mol. The quantitative estimate of drug-likeness (QED) is 0.175. The molecule has 9 nitrogen and oxygen atoms in total. The van der Waals surface area contributed by atoms with Crippen molar-refractivity contribution in [2.75, 3.05) is 37.7 Å². The second kappa shape index (κ2) is 12.6. The molecule has 238 valence electrons. The maximum Gasteiger partial charge on any atom is 0.265 e. The number of halogens is 1. The van der Waals surface area contributed by atoms with E-state index in [1.807, 2.05) is 19.0 Å². The van der Waals surface area contributed by atoms with Crippen molar-refractivity contribution >= 4 is 46.7 Å². The van der Waals surface area contributed by atoms with Crippen molar-refractivity contribution in [3.05, 3.63) is 65.1 Å². The lowest BCUT2D eigenvalue weighted by atomic mass is 10.0. The van der Waals surface area contributed by atoms with Gasteiger partial charge >= 0.3 is 0 Å². The molecule has 1 aliphatic rings. The van der Waals surface area contributed by atoms with Crippen LogP contribution < -0.4 is 8.73 Å². The average Bonchev–Trinajstić information content (AvgIpc) is 3.17. The minimum absolute atomic E-state index is 0.0176. The Morgan fingerprint density at radius 2 is 1.48 bits per heavy atom. The van der Waals surface area contributed by atoms with E-state index in [-0.39, 0.29) is 52.3 Å². The van der Waals surface area contributed by atoms with Crippen LogP contribution in [0.4, 0.5) is 10.1 Å². The molecule has 0 spiro atoms. The van der Waals surface area contributed by atoms with Crippen molar-refractivity contribution in [1.82, 2.24) is 14.8 Å². The Balaban J connectivity index is 2.10. The molecule has 0 unspecified atom stereocenters. The zero-order valence-electron chi connectivity index (χ0n) is 27.0. The number of amides is 2. The van der Waals surface area contributed by atoms with Gasteiger partial charge < -0.3 is 9.33 Å². The number of anilines is 1. The van der Waals surface area contributed by atoms with E-state index in [1.54, 1.807) is 18.3 Å². The number of hydrogen-bond donors (Lipinski definition) is 0. The lowest BCUT2D eigenvalue weighted by Gasteiger charge is -2.42. The van der Waals surface area contributed by atoms with Crippen molar-refractivity contribution in [3.63, 3.8) is 0 Å². The number of imide groups is 1. The largest absolute Gasteiger partial charge is 0.541 e. The zero-order chi connectivity index (χ0) is 32.7. The molecule has 0 fully saturated rings. The number of sulfonamides is 1. The molecule has 12 heteroatoms. The van der Waals surface area contributed by atoms with Gasteiger partial charge in [0.1, 0.15) is 17.1 Å². The van der Waals surface area contributed by atoms with E-state index in [4.69, 9.17) is 4.43 Å². The first-order valence-corrected chi connectivity index (χ1v) is 18.9. The summed E-state index contributed by atoms with van der Waals surface area (Å²) >= 11 is 0. The topological polar surface area (TPSA) is 100 Å². The highest BCUT2D eigenvalue weighted by atomic mass is 32.2. The predicted molar refractivity (Wildman–Crippen MR) is 175 cm³/mol. The van der Waals surface area contributed by atoms with Crippen molar-refractivity contribution in [2.24, 2.45) is 0 Å². The molecule has 2 amide bonds. The van der Waals surface area contributed by atoms with Gasteiger partial charge in [0, 0.05) is 24.7 Å². The van der Waals surface area contributed by atoms with Gasteiger partial charge in [-0.05, 0) is 60.5 Å². The zero-order valence-corrected chi connectivity index (χ0v) is 28.8. The summed E-state index contributed by atoms with van der Waals surface area (Å²) in [5.74, 6) is -1.45. The van der Waals surface area contributed by atoms with E-state index in [1.165, 1.54) is 28.6 Å². The van der Waals surface area contributed by atoms with Crippen LogP contribution in [0, 0.1) is 5.82 Å². The maximum atomic E-state index is 14.4. The van der Waals surface area contributed by atoms with Crippen LogP contribution in [0.3, 0.4) is 0 Å². The van der Waals surface area contributed by atoms with Crippen LogP contribution in [-0.2, 0) is 16.6 Å². The highest BCUT2D eigenvalue weighted by molar-refractivity contribution is 7.92. The summed E-state index contributed by atoms with van der Waals surface area (Å²) in [6, 6.07) is 8.98. The molecule has 0 radical (unpaired) electrons. The minimum atomic E-state index is -3.91. The molecule has 4 rings (SSSR count). The Bertz CT molecular complexity index is 1650. The maximum absolute atomic E-state index is 14.4. The predicted octanol–water partition coefficient (Wildman–Crippen LogP) is 6.05. The van der Waals surface area contributed by atoms with Crippen molar-refractivity contribution in [3.8, 4) is 5.75 Å². The Hall–Kier alpha value is -3.35. The third kappa shape index (κ3) is 5.99. The molecule has 0 saturated heterocycles. The first kappa shape index (κ1) is 33.5. The molecule has 44 heavy (non-hydrogen) atoms. The lowest BCUT2D eigenvalue weighted by Crippen LogP contribution is -2.51. The second-order valence-corrected chi connectivity index (χ2v) is 20.0. The van der Waals surface area contributed by atoms with E-state index in [2.05, 4.69) is 46.5 Å². The molecule has 0 N–H and O–H groups in total. The molecule has 2 heterocycles. The summed E-state index contributed by atoms with van der Waals surface area (Å²) in [6.07, 6.45) is 2.67. The molecule has 2 aromatic carbocycles. The number of rotatable bonds is 12. The lowest BCUT2D eigenvalue weighted by molar-refractivity contribution is 0.0642. The third-order valence-electron chi connectivity index (χ3n) is 8.55. The molecule has 3 aromatic rings. The summed E-state index contributed by atoms with van der Waals surface area (Å²) in [5.41, 5.74) is 1.45. The Morgan fingerprint density at radius 3 is 2.00 bits per heavy atom. The molecular weight excluding hydrogens is 600 g/mol. The third-order valence-corrected chi connectivity index (χ3v) is 15.7. The number of hydrogen-bond acceptors (Lipinski definition) is 7. The molecule has 0 saturated carbocycles. The van der Waals surface area contributed by atoms with Crippen LogP contribution in [0.1, 0.15) is 67.8 Å². The number of likely N-dealkylation sites (N-methyl/N-ethyl adjacent to an activating group) is 1. The van der Waals surface area contributed by atoms with Gasteiger partial charge in [-0.25, -0.2) is 12.8 Å². The van der Waals surface area contributed by atoms with Gasteiger partial charge in [-0.2, -0.15) is 0 Å². The molecule has 1 aromatic heterocycles. The van der Waals surface area contributed by atoms with Crippen molar-refractivity contribution in [2.45, 2.75) is 64.7 Å². The minimum Gasteiger partial charge on any atom is -0.541 e. The van der Waals surface area contributed by atoms with Crippen molar-refractivity contribution in [1.29, 1.82) is 0 Å². The number of benzene rings is 2. The van der Waals surface area contributed by atoms with Crippen LogP contribution in [0.2, 0.25) is 16.6 Å². The van der Waals surface area contributed by atoms with Gasteiger partial charge in [0.25, 0.3) is 20.1 Å². The summed E-state index contributed by atoms with van der Waals surface area (Å²) in [5, 5.41) is 0.411. The standard InChI is InChI=1S/C32H43FN4O5SSi/c1-20(2)44(21(3)4,22(5)6)42-30-27-26(31(38)36(32(27)39)19-23-12-14-24(33)15-13-23)29(25-11-10-16-34-28(25)30)37(43(9,40)41)18-17-35(7)8/h10-16,20-22H,17-19H2,1-9H3. The molecule has 0 atom stereocenters. The number of pyridine rings is 1. The number of carbonyl (C=O) groups is 2. The van der Waals surface area contributed by atoms with Gasteiger partial charge in [0.15, 0.2) is 0 Å². The highest BCUT2D eigenvalue weighted by Crippen LogP contribution is 2.50. The van der Waals surface area contributed by atoms with Crippen molar-refractivity contribution < 1.29 is 26.8 Å². The fourth-order valence-electron chi connectivity index (χ4n) is 6.58. The van der Waals surface area contributed by atoms with E-state index in [0.717, 1.165) is 11.2 Å². The summed E-state index contributed by atoms with van der Waals surface area (Å²) < 4.78 is 48.8. The van der Waals surface area contributed by atoms with Gasteiger partial charge in [-0.15, -0.1) is 0 Å². The monoisotopic (exact) mass is 642 g/mol. The van der Waals surface area contributed by atoms with Crippen LogP contribution in [0.15, 0.2) is 42.6 Å². The van der Waals surface area contributed by atoms with E-state index in [0.29, 0.717) is 23.0 Å². The summed E-state index contributed by atoms with van der Waals surface area (Å²) in [7, 11) is -2.95. The SMILES string of the molecule is CC(C)[Si](Oc1c2c(c(N(CCN(C)C)S(C)(=O)=O)c3cccnc13)C(=O)N(Cc1ccc(F)cc1)C2=O)(C(C)C)C(C)C. The van der Waals surface area contributed by atoms with Crippen LogP contribution in [0.25, 0.3) is 10.9 Å². The Kier molecular flexibility index (Phi) is 9.58. The van der Waals surface area contributed by atoms with Gasteiger partial charge in [-0.1, -0.05) is 53.7 Å². The van der Waals surface area contributed by atoms with E-state index >= 15 is 0 Å². The van der Waals surface area contributed by atoms with Crippen LogP contribution in [0.5, 0.6) is 5.75 Å². The number of aromatic nitrogens is 1. The van der Waals surface area contributed by atoms with E-state index in [9.17, 15) is 22.4 Å². The molecular formula is C32H43FN4O5SSi. The Labute approximate surface area is 261 Å². The number of fused-ring (bicyclic) bond motifs is 2. The van der Waals surface area contributed by atoms with Crippen LogP contribution >= 0.6 is 0 Å². The Morgan fingerprint density at radius 1 is 0.909 bits per heavy atom. The van der Waals surface area contributed by atoms with Gasteiger partial charge in [-0.3, -0.25) is 23.8 Å². The number of carbonyl (C=O) groups excluding carboxylic acids is 2. The second-order valence-electron chi connectivity index (χ2n) is 12.7.